The number of hydrogen-bond acceptors (Lipinski definition) is 6. The highest BCUT2D eigenvalue weighted by Crippen LogP contribution is 2.47. The van der Waals surface area contributed by atoms with Gasteiger partial charge in [-0.15, -0.1) is 0 Å². The molecule has 3 unspecified atom stereocenters. The third-order valence-corrected chi connectivity index (χ3v) is 11.8. The topological polar surface area (TPSA) is 95.9 Å². The second-order valence-electron chi connectivity index (χ2n) is 15.8. The van der Waals surface area contributed by atoms with Crippen LogP contribution in [0.15, 0.2) is 68.6 Å². The van der Waals surface area contributed by atoms with Crippen molar-refractivity contribution in [2.24, 2.45) is 27.2 Å². The molecule has 2 aromatic rings. The molecule has 0 radical (unpaired) electrons. The van der Waals surface area contributed by atoms with E-state index in [1.165, 1.54) is 5.56 Å². The number of nitrogens with one attached hydrogen (secondary N) is 2. The van der Waals surface area contributed by atoms with Crippen LogP contribution in [0.25, 0.3) is 12.2 Å². The van der Waals surface area contributed by atoms with Gasteiger partial charge in [0.2, 0.25) is 0 Å². The van der Waals surface area contributed by atoms with Crippen LogP contribution < -0.4 is 16.0 Å². The summed E-state index contributed by atoms with van der Waals surface area (Å²) in [7, 11) is 0. The summed E-state index contributed by atoms with van der Waals surface area (Å²) in [6, 6.07) is 8.48. The maximum absolute atomic E-state index is 14.1. The van der Waals surface area contributed by atoms with Gasteiger partial charge in [0, 0.05) is 87.1 Å². The highest BCUT2D eigenvalue weighted by atomic mass is 16.5. The number of aromatic amines is 1. The van der Waals surface area contributed by atoms with Gasteiger partial charge in [0.05, 0.1) is 12.7 Å². The van der Waals surface area contributed by atoms with Gasteiger partial charge in [-0.2, -0.15) is 0 Å². The van der Waals surface area contributed by atoms with Gasteiger partial charge in [-0.25, -0.2) is 0 Å². The van der Waals surface area contributed by atoms with Crippen LogP contribution in [0.5, 0.6) is 0 Å². The van der Waals surface area contributed by atoms with Crippen LogP contribution in [0.4, 0.5) is 0 Å². The van der Waals surface area contributed by atoms with E-state index in [4.69, 9.17) is 14.7 Å². The summed E-state index contributed by atoms with van der Waals surface area (Å²) in [5.41, 5.74) is 11.4. The van der Waals surface area contributed by atoms with Crippen LogP contribution in [0.1, 0.15) is 155 Å². The summed E-state index contributed by atoms with van der Waals surface area (Å²) >= 11 is 0. The van der Waals surface area contributed by atoms with Crippen molar-refractivity contribution >= 4 is 35.1 Å². The minimum absolute atomic E-state index is 0.0607. The number of ketones is 2. The number of carbonyl (C=O) groups is 2. The van der Waals surface area contributed by atoms with Crippen LogP contribution in [-0.2, 0) is 20.9 Å². The Labute approximate surface area is 337 Å². The average molecular weight is 763 g/mol. The highest BCUT2D eigenvalue weighted by molar-refractivity contribution is 6.13. The Morgan fingerprint density at radius 1 is 1.00 bits per heavy atom. The SMILES string of the molecule is CC.CC.CCC[C@@](C)(CC)C1=C2NC/C=C3N=C(/C=c4\[nH]/c(c(C)c4C(C)OCc4cccc(C)c4)=C\C4=NC(=C\2CC1=O)/C(CCC(C)=O)C4)CC\3CC. The molecule has 1 aromatic heterocycles. The predicted octanol–water partition coefficient (Wildman–Crippen LogP) is 10.4. The van der Waals surface area contributed by atoms with Crippen molar-refractivity contribution in [3.63, 3.8) is 0 Å². The summed E-state index contributed by atoms with van der Waals surface area (Å²) in [6.07, 6.45) is 13.5. The number of aromatic nitrogens is 1. The molecule has 56 heavy (non-hydrogen) atoms. The van der Waals surface area contributed by atoms with Crippen molar-refractivity contribution in [1.82, 2.24) is 10.3 Å². The molecule has 1 aliphatic carbocycles. The quantitative estimate of drug-likeness (QED) is 0.225. The van der Waals surface area contributed by atoms with E-state index in [0.717, 1.165) is 106 Å². The van der Waals surface area contributed by atoms with Crippen molar-refractivity contribution < 1.29 is 14.3 Å². The Balaban J connectivity index is 0.00000169. The second kappa shape index (κ2) is 20.4. The molecule has 0 saturated heterocycles. The van der Waals surface area contributed by atoms with Gasteiger partial charge < -0.3 is 19.8 Å². The van der Waals surface area contributed by atoms with Crippen molar-refractivity contribution in [3.8, 4) is 0 Å². The zero-order chi connectivity index (χ0) is 41.2. The first-order valence-electron chi connectivity index (χ1n) is 21.6. The number of H-pyrrole nitrogens is 1. The standard InChI is InChI=1S/C45H58N4O3.2C2H6/c1-9-18-45(8,11-3)42-40(51)25-36-43-33(16-15-28(5)50)22-35(48-43)23-38-29(6)41(30(7)52-26-31-14-12-13-27(4)20-31)39(49-38)24-34-21-32(10-2)37(47-34)17-19-46-44(36)42;2*1-2/h12-14,17,20,23-24,30,32-33,46,49H,9-11,15-16,18-19,21-22,25-26H2,1-8H3;2*1-2H3/b37-17-,38-23-,39-24-,43-36-;;/t30?,32?,33?,45-;;/m1../s1. The molecule has 0 amide bonds. The molecule has 7 heteroatoms. The fraction of sp³-hybridized carbons (Fsp3) is 0.551. The molecule has 4 heterocycles. The number of ether oxygens (including phenoxy) is 1. The first kappa shape index (κ1) is 44.6. The monoisotopic (exact) mass is 763 g/mol. The van der Waals surface area contributed by atoms with E-state index in [0.29, 0.717) is 38.3 Å². The average Bonchev–Trinajstić information content (AvgIpc) is 3.94. The van der Waals surface area contributed by atoms with Crippen molar-refractivity contribution in [1.29, 1.82) is 0 Å². The van der Waals surface area contributed by atoms with E-state index in [9.17, 15) is 9.59 Å². The van der Waals surface area contributed by atoms with Gasteiger partial charge in [0.15, 0.2) is 5.78 Å². The van der Waals surface area contributed by atoms with Gasteiger partial charge in [0.25, 0.3) is 0 Å². The summed E-state index contributed by atoms with van der Waals surface area (Å²) < 4.78 is 6.56. The Hall–Kier alpha value is -4.10. The van der Waals surface area contributed by atoms with Crippen molar-refractivity contribution in [2.75, 3.05) is 6.54 Å². The molecular weight excluding hydrogens is 693 g/mol. The molecule has 6 bridgehead atoms. The van der Waals surface area contributed by atoms with Crippen LogP contribution in [0.3, 0.4) is 0 Å². The molecule has 2 N–H and O–H groups in total. The van der Waals surface area contributed by atoms with E-state index in [1.807, 2.05) is 27.7 Å². The number of aliphatic imine (C=N–C) groups is 2. The number of carbonyl (C=O) groups excluding carboxylic acids is 2. The summed E-state index contributed by atoms with van der Waals surface area (Å²) in [4.78, 5) is 40.7. The van der Waals surface area contributed by atoms with E-state index >= 15 is 0 Å². The fourth-order valence-corrected chi connectivity index (χ4v) is 8.82. The van der Waals surface area contributed by atoms with Gasteiger partial charge in [0.1, 0.15) is 5.78 Å². The largest absolute Gasteiger partial charge is 0.381 e. The number of nitrogens with zero attached hydrogens (tertiary/aromatic N) is 2. The van der Waals surface area contributed by atoms with E-state index < -0.39 is 0 Å². The van der Waals surface area contributed by atoms with Crippen LogP contribution >= 0.6 is 0 Å². The summed E-state index contributed by atoms with van der Waals surface area (Å²) in [6.45, 7) is 26.1. The molecule has 7 nitrogen and oxygen atoms in total. The lowest BCUT2D eigenvalue weighted by molar-refractivity contribution is -0.117. The van der Waals surface area contributed by atoms with E-state index in [-0.39, 0.29) is 29.0 Å². The molecule has 1 aromatic carbocycles. The second-order valence-corrected chi connectivity index (χ2v) is 15.8. The molecular formula is C49H70N4O3. The molecule has 6 rings (SSSR count). The Kier molecular flexibility index (Phi) is 16.2. The zero-order valence-electron chi connectivity index (χ0n) is 36.7. The lowest BCUT2D eigenvalue weighted by Gasteiger charge is -2.30. The normalized spacial score (nSPS) is 23.9. The first-order chi connectivity index (χ1) is 26.9. The molecule has 0 fully saturated rings. The third-order valence-electron chi connectivity index (χ3n) is 11.8. The lowest BCUT2D eigenvalue weighted by Crippen LogP contribution is -2.26. The molecule has 0 saturated carbocycles. The lowest BCUT2D eigenvalue weighted by atomic mass is 9.74. The van der Waals surface area contributed by atoms with Gasteiger partial charge in [-0.1, -0.05) is 91.6 Å². The first-order valence-corrected chi connectivity index (χ1v) is 21.6. The molecule has 3 aliphatic heterocycles. The zero-order valence-corrected chi connectivity index (χ0v) is 36.7. The molecule has 4 aliphatic rings. The minimum atomic E-state index is -0.234. The van der Waals surface area contributed by atoms with Crippen LogP contribution in [0, 0.1) is 31.1 Å². The summed E-state index contributed by atoms with van der Waals surface area (Å²) in [5.74, 6) is 0.768. The van der Waals surface area contributed by atoms with Gasteiger partial charge in [-0.3, -0.25) is 14.8 Å². The van der Waals surface area contributed by atoms with E-state index in [1.54, 1.807) is 6.92 Å². The maximum Gasteiger partial charge on any atom is 0.166 e. The maximum atomic E-state index is 14.1. The highest BCUT2D eigenvalue weighted by Gasteiger charge is 2.41. The number of hydrogen-bond donors (Lipinski definition) is 2. The summed E-state index contributed by atoms with van der Waals surface area (Å²) in [5, 5.41) is 5.81. The van der Waals surface area contributed by atoms with Crippen molar-refractivity contribution in [2.45, 2.75) is 154 Å². The predicted molar refractivity (Wildman–Crippen MR) is 235 cm³/mol. The number of benzene rings is 1. The Bertz CT molecular complexity index is 2020. The van der Waals surface area contributed by atoms with Gasteiger partial charge >= 0.3 is 0 Å². The van der Waals surface area contributed by atoms with Crippen LogP contribution in [0.2, 0.25) is 0 Å². The Morgan fingerprint density at radius 2 is 1.70 bits per heavy atom. The molecule has 304 valence electrons. The number of fused-ring (bicyclic) bond motifs is 5. The Morgan fingerprint density at radius 3 is 2.36 bits per heavy atom. The van der Waals surface area contributed by atoms with Gasteiger partial charge in [-0.05, 0) is 101 Å². The number of aryl methyl sites for hydroxylation is 1. The fourth-order valence-electron chi connectivity index (χ4n) is 8.82. The smallest absolute Gasteiger partial charge is 0.166 e. The van der Waals surface area contributed by atoms with Crippen LogP contribution in [-0.4, -0.2) is 34.5 Å². The molecule has 0 spiro atoms. The number of allylic oxidation sites excluding steroid dienone is 4. The van der Waals surface area contributed by atoms with Crippen molar-refractivity contribution in [3.05, 3.63) is 91.5 Å². The molecule has 4 atom stereocenters. The minimum Gasteiger partial charge on any atom is -0.381 e. The number of rotatable bonds is 12. The number of Topliss-reactive ketones (excluding diaryl/α,β-unsaturated/α-hetero) is 2. The third kappa shape index (κ3) is 10.1. The van der Waals surface area contributed by atoms with E-state index in [2.05, 4.69) is 101 Å².